The number of fused-ring (bicyclic) bond motifs is 5. The Morgan fingerprint density at radius 3 is 2.08 bits per heavy atom. The van der Waals surface area contributed by atoms with E-state index in [0.717, 1.165) is 0 Å². The highest BCUT2D eigenvalue weighted by molar-refractivity contribution is 6.06. The summed E-state index contributed by atoms with van der Waals surface area (Å²) in [6.07, 6.45) is 3.41. The van der Waals surface area contributed by atoms with Gasteiger partial charge in [-0.2, -0.15) is 0 Å². The van der Waals surface area contributed by atoms with Crippen LogP contribution in [-0.2, 0) is 14.3 Å². The van der Waals surface area contributed by atoms with Crippen LogP contribution in [0.4, 0.5) is 0 Å². The lowest BCUT2D eigenvalue weighted by molar-refractivity contribution is -0.128. The van der Waals surface area contributed by atoms with E-state index in [2.05, 4.69) is 5.32 Å². The second-order valence-corrected chi connectivity index (χ2v) is 3.36. The molecule has 3 rings (SSSR count). The van der Waals surface area contributed by atoms with Crippen LogP contribution < -0.4 is 5.32 Å². The number of hydrogen-bond donors (Lipinski definition) is 1. The van der Waals surface area contributed by atoms with E-state index in [-0.39, 0.29) is 35.9 Å². The molecule has 4 heteroatoms. The molecule has 0 aliphatic carbocycles. The second kappa shape index (κ2) is 1.77. The molecule has 3 heterocycles. The van der Waals surface area contributed by atoms with Crippen LogP contribution in [0.25, 0.3) is 0 Å². The first kappa shape index (κ1) is 6.37. The summed E-state index contributed by atoms with van der Waals surface area (Å²) in [7, 11) is 0. The highest BCUT2D eigenvalue weighted by Crippen LogP contribution is 2.41. The van der Waals surface area contributed by atoms with E-state index in [4.69, 9.17) is 4.74 Å². The van der Waals surface area contributed by atoms with Gasteiger partial charge in [-0.15, -0.1) is 0 Å². The van der Waals surface area contributed by atoms with Gasteiger partial charge in [0.05, 0.1) is 24.0 Å². The van der Waals surface area contributed by atoms with Gasteiger partial charge < -0.3 is 4.74 Å². The smallest absolute Gasteiger partial charge is 0.233 e. The fourth-order valence-electron chi connectivity index (χ4n) is 2.22. The Kier molecular flexibility index (Phi) is 0.939. The summed E-state index contributed by atoms with van der Waals surface area (Å²) in [4.78, 5) is 22.4. The van der Waals surface area contributed by atoms with Crippen molar-refractivity contribution in [1.29, 1.82) is 0 Å². The maximum absolute atomic E-state index is 11.2. The van der Waals surface area contributed by atoms with Crippen LogP contribution in [0.3, 0.4) is 0 Å². The van der Waals surface area contributed by atoms with Crippen LogP contribution in [0.1, 0.15) is 0 Å². The molecule has 0 aromatic heterocycles. The van der Waals surface area contributed by atoms with Gasteiger partial charge in [0.25, 0.3) is 0 Å². The highest BCUT2D eigenvalue weighted by Gasteiger charge is 2.57. The summed E-state index contributed by atoms with van der Waals surface area (Å²) in [5, 5.41) is 2.32. The first-order valence-corrected chi connectivity index (χ1v) is 3.96. The first-order valence-electron chi connectivity index (χ1n) is 3.96. The maximum atomic E-state index is 11.2. The zero-order valence-corrected chi connectivity index (χ0v) is 6.19. The molecular formula is C8H7NO3. The molecule has 62 valence electrons. The number of nitrogens with one attached hydrogen (secondary N) is 1. The van der Waals surface area contributed by atoms with E-state index in [1.807, 2.05) is 12.2 Å². The van der Waals surface area contributed by atoms with E-state index in [0.29, 0.717) is 0 Å². The van der Waals surface area contributed by atoms with Crippen molar-refractivity contribution in [3.63, 3.8) is 0 Å². The Balaban J connectivity index is 2.08. The van der Waals surface area contributed by atoms with Gasteiger partial charge in [-0.3, -0.25) is 14.9 Å². The van der Waals surface area contributed by atoms with Crippen molar-refractivity contribution in [2.45, 2.75) is 12.2 Å². The number of ether oxygens (including phenoxy) is 1. The van der Waals surface area contributed by atoms with Gasteiger partial charge in [0.1, 0.15) is 0 Å². The van der Waals surface area contributed by atoms with E-state index >= 15 is 0 Å². The fourth-order valence-corrected chi connectivity index (χ4v) is 2.22. The molecule has 2 saturated heterocycles. The third-order valence-corrected chi connectivity index (χ3v) is 2.75. The molecule has 0 saturated carbocycles. The fraction of sp³-hybridized carbons (Fsp3) is 0.500. The molecule has 2 fully saturated rings. The molecule has 0 aromatic rings. The SMILES string of the molecule is O=C1NC(=O)[C@H]2C3C=CC(O3)[C@@H]12. The molecular weight excluding hydrogens is 158 g/mol. The van der Waals surface area contributed by atoms with Crippen LogP contribution in [0.5, 0.6) is 0 Å². The van der Waals surface area contributed by atoms with E-state index < -0.39 is 0 Å². The van der Waals surface area contributed by atoms with Gasteiger partial charge in [-0.05, 0) is 0 Å². The minimum Gasteiger partial charge on any atom is -0.365 e. The molecule has 3 aliphatic rings. The minimum absolute atomic E-state index is 0.161. The van der Waals surface area contributed by atoms with Crippen LogP contribution >= 0.6 is 0 Å². The summed E-state index contributed by atoms with van der Waals surface area (Å²) in [6, 6.07) is 0. The lowest BCUT2D eigenvalue weighted by atomic mass is 9.85. The van der Waals surface area contributed by atoms with Crippen molar-refractivity contribution >= 4 is 11.8 Å². The summed E-state index contributed by atoms with van der Waals surface area (Å²) in [6.45, 7) is 0. The van der Waals surface area contributed by atoms with Crippen molar-refractivity contribution in [3.05, 3.63) is 12.2 Å². The van der Waals surface area contributed by atoms with Crippen molar-refractivity contribution < 1.29 is 14.3 Å². The number of carbonyl (C=O) groups is 2. The number of hydrogen-bond acceptors (Lipinski definition) is 3. The predicted octanol–water partition coefficient (Wildman–Crippen LogP) is -0.788. The standard InChI is InChI=1S/C8H7NO3/c10-7-5-3-1-2-4(12-3)6(5)8(11)9-7/h1-6H,(H,9,10,11)/t3?,4?,5-,6+. The summed E-state index contributed by atoms with van der Waals surface area (Å²) in [5.74, 6) is -0.872. The van der Waals surface area contributed by atoms with Gasteiger partial charge in [-0.25, -0.2) is 0 Å². The third kappa shape index (κ3) is 0.536. The Morgan fingerprint density at radius 1 is 1.08 bits per heavy atom. The molecule has 2 unspecified atom stereocenters. The average molecular weight is 165 g/mol. The molecule has 2 bridgehead atoms. The quantitative estimate of drug-likeness (QED) is 0.378. The molecule has 4 atom stereocenters. The monoisotopic (exact) mass is 165 g/mol. The first-order chi connectivity index (χ1) is 5.77. The van der Waals surface area contributed by atoms with Crippen molar-refractivity contribution in [2.75, 3.05) is 0 Å². The lowest BCUT2D eigenvalue weighted by Crippen LogP contribution is -2.27. The van der Waals surface area contributed by atoms with Crippen LogP contribution in [0.2, 0.25) is 0 Å². The zero-order valence-electron chi connectivity index (χ0n) is 6.19. The van der Waals surface area contributed by atoms with Gasteiger partial charge in [0.15, 0.2) is 0 Å². The number of amides is 2. The van der Waals surface area contributed by atoms with Crippen molar-refractivity contribution in [3.8, 4) is 0 Å². The van der Waals surface area contributed by atoms with Gasteiger partial charge in [0, 0.05) is 0 Å². The van der Waals surface area contributed by atoms with Crippen LogP contribution in [0.15, 0.2) is 12.2 Å². The van der Waals surface area contributed by atoms with E-state index in [1.165, 1.54) is 0 Å². The highest BCUT2D eigenvalue weighted by atomic mass is 16.5. The van der Waals surface area contributed by atoms with Crippen LogP contribution in [0, 0.1) is 11.8 Å². The number of carbonyl (C=O) groups excluding carboxylic acids is 2. The molecule has 2 amide bonds. The Morgan fingerprint density at radius 2 is 1.58 bits per heavy atom. The molecule has 0 radical (unpaired) electrons. The normalized spacial score (nSPS) is 48.3. The van der Waals surface area contributed by atoms with Crippen molar-refractivity contribution in [1.82, 2.24) is 5.32 Å². The van der Waals surface area contributed by atoms with Gasteiger partial charge in [-0.1, -0.05) is 12.2 Å². The van der Waals surface area contributed by atoms with Crippen molar-refractivity contribution in [2.24, 2.45) is 11.8 Å². The zero-order chi connectivity index (χ0) is 8.29. The maximum Gasteiger partial charge on any atom is 0.233 e. The predicted molar refractivity (Wildman–Crippen MR) is 37.9 cm³/mol. The minimum atomic E-state index is -0.257. The Hall–Kier alpha value is -1.16. The van der Waals surface area contributed by atoms with Gasteiger partial charge >= 0.3 is 0 Å². The molecule has 0 aromatic carbocycles. The Bertz CT molecular complexity index is 281. The molecule has 4 nitrogen and oxygen atoms in total. The number of imide groups is 1. The summed E-state index contributed by atoms with van der Waals surface area (Å²) in [5.41, 5.74) is 0. The summed E-state index contributed by atoms with van der Waals surface area (Å²) < 4.78 is 5.39. The molecule has 12 heavy (non-hydrogen) atoms. The molecule has 3 aliphatic heterocycles. The number of rotatable bonds is 0. The van der Waals surface area contributed by atoms with Gasteiger partial charge in [0.2, 0.25) is 11.8 Å². The lowest BCUT2D eigenvalue weighted by Gasteiger charge is -2.10. The molecule has 1 N–H and O–H groups in total. The van der Waals surface area contributed by atoms with Crippen LogP contribution in [-0.4, -0.2) is 24.0 Å². The van der Waals surface area contributed by atoms with E-state index in [1.54, 1.807) is 0 Å². The summed E-state index contributed by atoms with van der Waals surface area (Å²) >= 11 is 0. The Labute approximate surface area is 68.6 Å². The average Bonchev–Trinajstić information content (AvgIpc) is 2.64. The largest absolute Gasteiger partial charge is 0.365 e. The molecule has 0 spiro atoms. The van der Waals surface area contributed by atoms with E-state index in [9.17, 15) is 9.59 Å². The second-order valence-electron chi connectivity index (χ2n) is 3.36. The topological polar surface area (TPSA) is 55.4 Å². The third-order valence-electron chi connectivity index (χ3n) is 2.75.